The molecule has 4 atom stereocenters. The first-order valence-corrected chi connectivity index (χ1v) is 16.6. The van der Waals surface area contributed by atoms with Crippen molar-refractivity contribution in [1.82, 2.24) is 0 Å². The van der Waals surface area contributed by atoms with Gasteiger partial charge < -0.3 is 19.0 Å². The van der Waals surface area contributed by atoms with E-state index in [0.29, 0.717) is 11.6 Å². The lowest BCUT2D eigenvalue weighted by Crippen LogP contribution is -2.56. The lowest BCUT2D eigenvalue weighted by Gasteiger charge is -2.46. The smallest absolute Gasteiger partial charge is 0.264 e. The van der Waals surface area contributed by atoms with Crippen LogP contribution in [0.2, 0.25) is 18.1 Å². The van der Waals surface area contributed by atoms with E-state index in [2.05, 4.69) is 33.9 Å². The molecule has 0 fully saturated rings. The SMILES string of the molecule is COc1ccc([C@H]2N=C(c3ccccc3)O[C@H]([C@H](CO)OS(C)(=O)=O)[C@@H]2O[Si](C)(C)C(C)(C)C)cc1. The Balaban J connectivity index is 2.19. The van der Waals surface area contributed by atoms with Crippen molar-refractivity contribution in [2.45, 2.75) is 63.3 Å². The fraction of sp³-hybridized carbons (Fsp3) is 0.500. The van der Waals surface area contributed by atoms with E-state index in [1.54, 1.807) is 7.11 Å². The Kier molecular flexibility index (Phi) is 8.67. The van der Waals surface area contributed by atoms with Gasteiger partial charge in [-0.2, -0.15) is 8.42 Å². The van der Waals surface area contributed by atoms with Gasteiger partial charge in [0.25, 0.3) is 10.1 Å². The van der Waals surface area contributed by atoms with Crippen LogP contribution in [0.3, 0.4) is 0 Å². The Hall–Kier alpha value is -2.24. The molecule has 1 aliphatic heterocycles. The van der Waals surface area contributed by atoms with Crippen LogP contribution in [0.1, 0.15) is 37.9 Å². The van der Waals surface area contributed by atoms with Gasteiger partial charge in [-0.1, -0.05) is 51.1 Å². The molecule has 1 N–H and O–H groups in total. The number of aliphatic hydroxyl groups is 1. The van der Waals surface area contributed by atoms with Crippen molar-refractivity contribution in [3.63, 3.8) is 0 Å². The van der Waals surface area contributed by atoms with E-state index in [1.165, 1.54) is 0 Å². The summed E-state index contributed by atoms with van der Waals surface area (Å²) < 4.78 is 48.0. The highest BCUT2D eigenvalue weighted by molar-refractivity contribution is 7.86. The number of rotatable bonds is 9. The molecule has 2 aromatic rings. The van der Waals surface area contributed by atoms with Crippen LogP contribution in [-0.4, -0.2) is 66.0 Å². The van der Waals surface area contributed by atoms with Gasteiger partial charge in [-0.3, -0.25) is 4.18 Å². The van der Waals surface area contributed by atoms with Gasteiger partial charge in [-0.15, -0.1) is 0 Å². The summed E-state index contributed by atoms with van der Waals surface area (Å²) >= 11 is 0. The molecule has 0 bridgehead atoms. The third-order valence-electron chi connectivity index (χ3n) is 6.70. The maximum absolute atomic E-state index is 12.1. The molecule has 0 saturated carbocycles. The van der Waals surface area contributed by atoms with Gasteiger partial charge in [0, 0.05) is 5.56 Å². The number of aliphatic imine (C=N–C) groups is 1. The Morgan fingerprint density at radius 1 is 1.08 bits per heavy atom. The van der Waals surface area contributed by atoms with E-state index in [0.717, 1.165) is 17.4 Å². The van der Waals surface area contributed by atoms with Crippen LogP contribution in [0.15, 0.2) is 59.6 Å². The first-order valence-electron chi connectivity index (χ1n) is 11.9. The molecule has 0 unspecified atom stereocenters. The van der Waals surface area contributed by atoms with Crippen molar-refractivity contribution in [3.8, 4) is 5.75 Å². The van der Waals surface area contributed by atoms with Crippen LogP contribution in [0.4, 0.5) is 0 Å². The summed E-state index contributed by atoms with van der Waals surface area (Å²) in [7, 11) is -4.70. The zero-order chi connectivity index (χ0) is 26.7. The highest BCUT2D eigenvalue weighted by Gasteiger charge is 2.49. The molecule has 0 aromatic heterocycles. The maximum atomic E-state index is 12.1. The summed E-state index contributed by atoms with van der Waals surface area (Å²) in [5.74, 6) is 1.03. The third-order valence-corrected chi connectivity index (χ3v) is 11.8. The van der Waals surface area contributed by atoms with Gasteiger partial charge in [-0.05, 0) is 48.0 Å². The van der Waals surface area contributed by atoms with Gasteiger partial charge in [0.2, 0.25) is 5.90 Å². The van der Waals surface area contributed by atoms with Crippen molar-refractivity contribution in [2.24, 2.45) is 4.99 Å². The fourth-order valence-corrected chi connectivity index (χ4v) is 5.66. The molecular weight excluding hydrogens is 498 g/mol. The molecule has 1 heterocycles. The molecule has 0 aliphatic carbocycles. The standard InChI is InChI=1S/C26H37NO7SSi/c1-26(2,3)36(6,7)34-24-22(18-13-15-20(31-4)16-14-18)27-25(19-11-9-8-10-12-19)32-23(24)21(17-28)33-35(5,29)30/h8-16,21-24,28H,17H2,1-7H3/t21-,22+,23+,24+/m0/s1. The number of hydrogen-bond acceptors (Lipinski definition) is 8. The van der Waals surface area contributed by atoms with E-state index < -0.39 is 49.4 Å². The number of methoxy groups -OCH3 is 1. The van der Waals surface area contributed by atoms with Gasteiger partial charge in [0.1, 0.15) is 24.0 Å². The first-order chi connectivity index (χ1) is 16.8. The Bertz CT molecular complexity index is 1150. The largest absolute Gasteiger partial charge is 0.497 e. The maximum Gasteiger partial charge on any atom is 0.264 e. The second-order valence-corrected chi connectivity index (χ2v) is 16.8. The third kappa shape index (κ3) is 6.74. The number of nitrogens with zero attached hydrogens (tertiary/aromatic N) is 1. The average molecular weight is 536 g/mol. The zero-order valence-electron chi connectivity index (χ0n) is 22.0. The van der Waals surface area contributed by atoms with Crippen LogP contribution in [0, 0.1) is 0 Å². The molecule has 0 amide bonds. The first kappa shape index (κ1) is 28.3. The van der Waals surface area contributed by atoms with Crippen LogP contribution in [-0.2, 0) is 23.5 Å². The minimum atomic E-state index is -3.89. The summed E-state index contributed by atoms with van der Waals surface area (Å²) in [6.45, 7) is 10.0. The summed E-state index contributed by atoms with van der Waals surface area (Å²) in [4.78, 5) is 4.95. The monoisotopic (exact) mass is 535 g/mol. The number of aliphatic hydroxyl groups excluding tert-OH is 1. The van der Waals surface area contributed by atoms with Crippen molar-refractivity contribution >= 4 is 24.3 Å². The van der Waals surface area contributed by atoms with E-state index >= 15 is 0 Å². The summed E-state index contributed by atoms with van der Waals surface area (Å²) in [5, 5.41) is 10.1. The molecule has 0 spiro atoms. The van der Waals surface area contributed by atoms with Crippen LogP contribution in [0.25, 0.3) is 0 Å². The topological polar surface area (TPSA) is 104 Å². The minimum absolute atomic E-state index is 0.141. The fourth-order valence-electron chi connectivity index (χ4n) is 3.74. The molecule has 1 aliphatic rings. The molecule has 8 nitrogen and oxygen atoms in total. The summed E-state index contributed by atoms with van der Waals surface area (Å²) in [6, 6.07) is 16.3. The van der Waals surface area contributed by atoms with Crippen molar-refractivity contribution in [2.75, 3.05) is 20.0 Å². The number of ether oxygens (including phenoxy) is 2. The van der Waals surface area contributed by atoms with Crippen molar-refractivity contribution in [3.05, 3.63) is 65.7 Å². The molecule has 2 aromatic carbocycles. The molecule has 36 heavy (non-hydrogen) atoms. The molecule has 3 rings (SSSR count). The van der Waals surface area contributed by atoms with E-state index in [9.17, 15) is 13.5 Å². The second-order valence-electron chi connectivity index (χ2n) is 10.5. The number of benzene rings is 2. The minimum Gasteiger partial charge on any atom is -0.497 e. The highest BCUT2D eigenvalue weighted by atomic mass is 32.2. The Morgan fingerprint density at radius 2 is 1.69 bits per heavy atom. The lowest BCUT2D eigenvalue weighted by molar-refractivity contribution is -0.0677. The zero-order valence-corrected chi connectivity index (χ0v) is 23.8. The lowest BCUT2D eigenvalue weighted by atomic mass is 9.93. The predicted molar refractivity (Wildman–Crippen MR) is 142 cm³/mol. The second kappa shape index (κ2) is 11.0. The van der Waals surface area contributed by atoms with Crippen molar-refractivity contribution in [1.29, 1.82) is 0 Å². The van der Waals surface area contributed by atoms with Crippen molar-refractivity contribution < 1.29 is 31.6 Å². The van der Waals surface area contributed by atoms with Gasteiger partial charge >= 0.3 is 0 Å². The molecular formula is C26H37NO7SSi. The van der Waals surface area contributed by atoms with E-state index in [1.807, 2.05) is 54.6 Å². The molecule has 10 heteroatoms. The summed E-state index contributed by atoms with van der Waals surface area (Å²) in [5.41, 5.74) is 1.57. The Labute approximate surface area is 215 Å². The molecule has 198 valence electrons. The molecule has 0 radical (unpaired) electrons. The highest BCUT2D eigenvalue weighted by Crippen LogP contribution is 2.43. The van der Waals surface area contributed by atoms with Crippen LogP contribution < -0.4 is 4.74 Å². The normalized spacial score (nSPS) is 21.9. The number of hydrogen-bond donors (Lipinski definition) is 1. The van der Waals surface area contributed by atoms with Gasteiger partial charge in [0.15, 0.2) is 14.4 Å². The Morgan fingerprint density at radius 3 is 2.19 bits per heavy atom. The predicted octanol–water partition coefficient (Wildman–Crippen LogP) is 4.31. The average Bonchev–Trinajstić information content (AvgIpc) is 2.82. The van der Waals surface area contributed by atoms with Crippen LogP contribution >= 0.6 is 0 Å². The van der Waals surface area contributed by atoms with Crippen LogP contribution in [0.5, 0.6) is 5.75 Å². The summed E-state index contributed by atoms with van der Waals surface area (Å²) in [6.07, 6.45) is -1.90. The quantitative estimate of drug-likeness (QED) is 0.377. The van der Waals surface area contributed by atoms with E-state index in [-0.39, 0.29) is 5.04 Å². The molecule has 0 saturated heterocycles. The van der Waals surface area contributed by atoms with Gasteiger partial charge in [0.05, 0.1) is 20.0 Å². The van der Waals surface area contributed by atoms with E-state index in [4.69, 9.17) is 23.1 Å². The van der Waals surface area contributed by atoms with Gasteiger partial charge in [-0.25, -0.2) is 4.99 Å².